The number of nitrogens with zero attached hydrogens (tertiary/aromatic N) is 2. The number of carbonyl (C=O) groups excluding carboxylic acids is 2. The van der Waals surface area contributed by atoms with Crippen molar-refractivity contribution in [1.29, 1.82) is 0 Å². The highest BCUT2D eigenvalue weighted by atomic mass is 16.2. The number of rotatable bonds is 3. The summed E-state index contributed by atoms with van der Waals surface area (Å²) in [6.45, 7) is 4.48. The Morgan fingerprint density at radius 2 is 1.79 bits per heavy atom. The smallest absolute Gasteiger partial charge is 0.254 e. The molecule has 0 aromatic heterocycles. The second-order valence-electron chi connectivity index (χ2n) is 8.39. The highest BCUT2D eigenvalue weighted by Gasteiger charge is 2.37. The largest absolute Gasteiger partial charge is 0.350 e. The molecular weight excluding hydrogens is 362 g/mol. The first-order valence-electron chi connectivity index (χ1n) is 10.7. The molecule has 0 bridgehead atoms. The first-order chi connectivity index (χ1) is 14.2. The lowest BCUT2D eigenvalue weighted by molar-refractivity contribution is 0.0631. The maximum Gasteiger partial charge on any atom is 0.254 e. The van der Waals surface area contributed by atoms with Crippen LogP contribution in [0.3, 0.4) is 0 Å². The van der Waals surface area contributed by atoms with E-state index in [2.05, 4.69) is 28.4 Å². The van der Waals surface area contributed by atoms with Gasteiger partial charge in [0.2, 0.25) is 0 Å². The molecule has 0 saturated carbocycles. The van der Waals surface area contributed by atoms with Gasteiger partial charge in [-0.2, -0.15) is 0 Å². The summed E-state index contributed by atoms with van der Waals surface area (Å²) in [6, 6.07) is 13.9. The minimum Gasteiger partial charge on any atom is -0.350 e. The van der Waals surface area contributed by atoms with Crippen molar-refractivity contribution in [3.8, 4) is 0 Å². The van der Waals surface area contributed by atoms with Gasteiger partial charge in [-0.3, -0.25) is 14.5 Å². The van der Waals surface area contributed by atoms with Crippen LogP contribution >= 0.6 is 0 Å². The highest BCUT2D eigenvalue weighted by Crippen LogP contribution is 2.35. The molecule has 0 radical (unpaired) electrons. The van der Waals surface area contributed by atoms with E-state index >= 15 is 0 Å². The first kappa shape index (κ1) is 18.4. The molecule has 3 aliphatic rings. The monoisotopic (exact) mass is 389 g/mol. The molecule has 150 valence electrons. The molecule has 0 aliphatic carbocycles. The third-order valence-corrected chi connectivity index (χ3v) is 6.55. The number of amides is 2. The van der Waals surface area contributed by atoms with Crippen LogP contribution in [0.5, 0.6) is 0 Å². The van der Waals surface area contributed by atoms with Crippen LogP contribution in [0.15, 0.2) is 42.5 Å². The third kappa shape index (κ3) is 3.44. The molecule has 3 heterocycles. The molecular formula is C24H27N3O2. The molecule has 29 heavy (non-hydrogen) atoms. The molecule has 1 N–H and O–H groups in total. The SMILES string of the molecule is O=C1NCC2c3c(cccc31)CCN2C(=O)c1ccc(CN2CCCCC2)cc1. The summed E-state index contributed by atoms with van der Waals surface area (Å²) in [4.78, 5) is 30.0. The van der Waals surface area contributed by atoms with Gasteiger partial charge in [0.1, 0.15) is 0 Å². The number of hydrogen-bond acceptors (Lipinski definition) is 3. The number of benzene rings is 2. The summed E-state index contributed by atoms with van der Waals surface area (Å²) in [7, 11) is 0. The summed E-state index contributed by atoms with van der Waals surface area (Å²) in [5, 5.41) is 2.95. The second kappa shape index (κ2) is 7.64. The average molecular weight is 389 g/mol. The van der Waals surface area contributed by atoms with Gasteiger partial charge in [0, 0.05) is 30.8 Å². The Labute approximate surface area is 171 Å². The maximum atomic E-state index is 13.3. The van der Waals surface area contributed by atoms with Crippen LogP contribution in [0.2, 0.25) is 0 Å². The van der Waals surface area contributed by atoms with E-state index in [1.54, 1.807) is 0 Å². The lowest BCUT2D eigenvalue weighted by Gasteiger charge is -2.40. The lowest BCUT2D eigenvalue weighted by Crippen LogP contribution is -2.49. The molecule has 2 aromatic carbocycles. The van der Waals surface area contributed by atoms with E-state index in [-0.39, 0.29) is 17.9 Å². The van der Waals surface area contributed by atoms with Crippen LogP contribution in [0.25, 0.3) is 0 Å². The van der Waals surface area contributed by atoms with Crippen LogP contribution in [-0.2, 0) is 13.0 Å². The molecule has 5 nitrogen and oxygen atoms in total. The normalized spacial score (nSPS) is 21.4. The van der Waals surface area contributed by atoms with Crippen LogP contribution in [0.4, 0.5) is 0 Å². The fraction of sp³-hybridized carbons (Fsp3) is 0.417. The van der Waals surface area contributed by atoms with Crippen LogP contribution in [0, 0.1) is 0 Å². The van der Waals surface area contributed by atoms with Gasteiger partial charge in [0.05, 0.1) is 6.04 Å². The Morgan fingerprint density at radius 3 is 2.59 bits per heavy atom. The van der Waals surface area contributed by atoms with E-state index in [0.29, 0.717) is 18.7 Å². The Hall–Kier alpha value is -2.66. The van der Waals surface area contributed by atoms with E-state index in [4.69, 9.17) is 0 Å². The van der Waals surface area contributed by atoms with Crippen molar-refractivity contribution in [2.45, 2.75) is 38.3 Å². The van der Waals surface area contributed by atoms with Gasteiger partial charge in [-0.05, 0) is 67.2 Å². The molecule has 5 rings (SSSR count). The van der Waals surface area contributed by atoms with Crippen LogP contribution in [-0.4, -0.2) is 47.8 Å². The highest BCUT2D eigenvalue weighted by molar-refractivity contribution is 5.99. The third-order valence-electron chi connectivity index (χ3n) is 6.55. The van der Waals surface area contributed by atoms with Crippen molar-refractivity contribution in [3.63, 3.8) is 0 Å². The molecule has 5 heteroatoms. The summed E-state index contributed by atoms with van der Waals surface area (Å²) >= 11 is 0. The number of hydrogen-bond donors (Lipinski definition) is 1. The van der Waals surface area contributed by atoms with Crippen LogP contribution < -0.4 is 5.32 Å². The van der Waals surface area contributed by atoms with Crippen molar-refractivity contribution in [3.05, 3.63) is 70.3 Å². The quantitative estimate of drug-likeness (QED) is 0.877. The van der Waals surface area contributed by atoms with Gasteiger partial charge in [0.25, 0.3) is 11.8 Å². The standard InChI is InChI=1S/C24H27N3O2/c28-23-20-6-4-5-18-11-14-27(21(15-25-23)22(18)20)24(29)19-9-7-17(8-10-19)16-26-12-2-1-3-13-26/h4-10,21H,1-3,11-16H2,(H,25,28). The Kier molecular flexibility index (Phi) is 4.84. The van der Waals surface area contributed by atoms with E-state index in [1.165, 1.54) is 43.5 Å². The van der Waals surface area contributed by atoms with Crippen LogP contribution in [0.1, 0.15) is 62.7 Å². The predicted octanol–water partition coefficient (Wildman–Crippen LogP) is 3.16. The van der Waals surface area contributed by atoms with Crippen molar-refractivity contribution in [2.75, 3.05) is 26.2 Å². The Morgan fingerprint density at radius 1 is 1.00 bits per heavy atom. The molecule has 1 saturated heterocycles. The van der Waals surface area contributed by atoms with Gasteiger partial charge < -0.3 is 10.2 Å². The second-order valence-corrected chi connectivity index (χ2v) is 8.39. The molecule has 1 unspecified atom stereocenters. The fourth-order valence-corrected chi connectivity index (χ4v) is 5.01. The van der Waals surface area contributed by atoms with E-state index in [0.717, 1.165) is 24.1 Å². The Bertz CT molecular complexity index is 932. The van der Waals surface area contributed by atoms with Crippen molar-refractivity contribution in [1.82, 2.24) is 15.1 Å². The van der Waals surface area contributed by atoms with Gasteiger partial charge in [-0.25, -0.2) is 0 Å². The summed E-state index contributed by atoms with van der Waals surface area (Å²) < 4.78 is 0. The summed E-state index contributed by atoms with van der Waals surface area (Å²) in [5.74, 6) is 0.0191. The van der Waals surface area contributed by atoms with Crippen molar-refractivity contribution >= 4 is 11.8 Å². The minimum absolute atomic E-state index is 0.0329. The van der Waals surface area contributed by atoms with Gasteiger partial charge >= 0.3 is 0 Å². The zero-order chi connectivity index (χ0) is 19.8. The number of carbonyl (C=O) groups is 2. The summed E-state index contributed by atoms with van der Waals surface area (Å²) in [6.07, 6.45) is 4.71. The minimum atomic E-state index is -0.0758. The molecule has 1 fully saturated rings. The number of piperidine rings is 1. The fourth-order valence-electron chi connectivity index (χ4n) is 5.01. The Balaban J connectivity index is 1.35. The lowest BCUT2D eigenvalue weighted by atomic mass is 9.85. The molecule has 3 aliphatic heterocycles. The van der Waals surface area contributed by atoms with E-state index < -0.39 is 0 Å². The van der Waals surface area contributed by atoms with E-state index in [9.17, 15) is 9.59 Å². The van der Waals surface area contributed by atoms with E-state index in [1.807, 2.05) is 29.2 Å². The zero-order valence-electron chi connectivity index (χ0n) is 16.7. The average Bonchev–Trinajstić information content (AvgIpc) is 2.77. The molecule has 2 amide bonds. The molecule has 2 aromatic rings. The number of nitrogens with one attached hydrogen (secondary N) is 1. The molecule has 1 atom stereocenters. The number of likely N-dealkylation sites (tertiary alicyclic amines) is 1. The predicted molar refractivity (Wildman–Crippen MR) is 112 cm³/mol. The van der Waals surface area contributed by atoms with Crippen molar-refractivity contribution in [2.24, 2.45) is 0 Å². The first-order valence-corrected chi connectivity index (χ1v) is 10.7. The summed E-state index contributed by atoms with van der Waals surface area (Å²) in [5.41, 5.74) is 4.94. The molecule has 0 spiro atoms. The maximum absolute atomic E-state index is 13.3. The zero-order valence-corrected chi connectivity index (χ0v) is 16.7. The van der Waals surface area contributed by atoms with Gasteiger partial charge in [-0.15, -0.1) is 0 Å². The van der Waals surface area contributed by atoms with Gasteiger partial charge in [-0.1, -0.05) is 30.7 Å². The van der Waals surface area contributed by atoms with Gasteiger partial charge in [0.15, 0.2) is 0 Å². The topological polar surface area (TPSA) is 52.7 Å². The van der Waals surface area contributed by atoms with Crippen molar-refractivity contribution < 1.29 is 9.59 Å².